The Morgan fingerprint density at radius 2 is 2.19 bits per heavy atom. The molecule has 0 radical (unpaired) electrons. The maximum absolute atomic E-state index is 12.6. The number of imidazole rings is 1. The average molecular weight is 391 g/mol. The van der Waals surface area contributed by atoms with Crippen molar-refractivity contribution in [2.45, 2.75) is 57.2 Å². The Bertz CT molecular complexity index is 773. The lowest BCUT2D eigenvalue weighted by Gasteiger charge is -2.22. The van der Waals surface area contributed by atoms with E-state index in [2.05, 4.69) is 16.9 Å². The van der Waals surface area contributed by atoms with Gasteiger partial charge in [-0.05, 0) is 25.5 Å². The molecule has 1 aliphatic rings. The van der Waals surface area contributed by atoms with E-state index < -0.39 is 17.4 Å². The summed E-state index contributed by atoms with van der Waals surface area (Å²) in [6, 6.07) is 7.82. The summed E-state index contributed by atoms with van der Waals surface area (Å²) < 4.78 is 10.8. The Morgan fingerprint density at radius 1 is 1.37 bits per heavy atom. The topological polar surface area (TPSA) is 81.3 Å². The number of aromatic amines is 1. The van der Waals surface area contributed by atoms with Gasteiger partial charge in [0.05, 0.1) is 17.6 Å². The van der Waals surface area contributed by atoms with Gasteiger partial charge in [-0.15, -0.1) is 0 Å². The van der Waals surface area contributed by atoms with Crippen molar-refractivity contribution in [3.05, 3.63) is 24.3 Å². The van der Waals surface area contributed by atoms with Gasteiger partial charge in [0, 0.05) is 12.2 Å². The molecule has 2 aromatic rings. The third kappa shape index (κ3) is 4.29. The number of esters is 2. The molecule has 1 aliphatic heterocycles. The van der Waals surface area contributed by atoms with Crippen molar-refractivity contribution in [2.75, 3.05) is 12.4 Å². The molecular weight excluding hydrogens is 364 g/mol. The molecule has 27 heavy (non-hydrogen) atoms. The zero-order valence-electron chi connectivity index (χ0n) is 15.8. The summed E-state index contributed by atoms with van der Waals surface area (Å²) in [7, 11) is 0. The van der Waals surface area contributed by atoms with Gasteiger partial charge in [0.15, 0.2) is 10.6 Å². The highest BCUT2D eigenvalue weighted by Gasteiger charge is 2.55. The van der Waals surface area contributed by atoms with E-state index >= 15 is 0 Å². The molecule has 6 nitrogen and oxygen atoms in total. The molecule has 1 aromatic carbocycles. The van der Waals surface area contributed by atoms with Gasteiger partial charge in [0.2, 0.25) is 0 Å². The van der Waals surface area contributed by atoms with Crippen molar-refractivity contribution in [3.8, 4) is 0 Å². The molecule has 146 valence electrons. The van der Waals surface area contributed by atoms with Crippen LogP contribution in [0.3, 0.4) is 0 Å². The molecule has 0 spiro atoms. The normalized spacial score (nSPS) is 22.1. The summed E-state index contributed by atoms with van der Waals surface area (Å²) in [5, 5.41) is 0.784. The standard InChI is InChI=1S/C20H26N2O4S/c1-3-5-8-11-20(17(23)25-4-2)12-14(26-18(20)24)13-27-19-21-15-9-6-7-10-16(15)22-19/h6-7,9-10,14H,3-5,8,11-13H2,1-2H3,(H,21,22)/t14-,20-/m1/s1. The lowest BCUT2D eigenvalue weighted by Crippen LogP contribution is -2.37. The molecule has 1 aromatic heterocycles. The number of nitrogens with one attached hydrogen (secondary N) is 1. The number of rotatable bonds is 9. The van der Waals surface area contributed by atoms with Crippen molar-refractivity contribution in [3.63, 3.8) is 0 Å². The molecule has 1 N–H and O–H groups in total. The lowest BCUT2D eigenvalue weighted by atomic mass is 9.80. The van der Waals surface area contributed by atoms with E-state index in [4.69, 9.17) is 9.47 Å². The summed E-state index contributed by atoms with van der Waals surface area (Å²) in [4.78, 5) is 33.0. The number of thioether (sulfide) groups is 1. The summed E-state index contributed by atoms with van der Waals surface area (Å²) in [5.41, 5.74) is 0.734. The fraction of sp³-hybridized carbons (Fsp3) is 0.550. The van der Waals surface area contributed by atoms with Crippen molar-refractivity contribution in [1.29, 1.82) is 0 Å². The third-order valence-electron chi connectivity index (χ3n) is 4.89. The summed E-state index contributed by atoms with van der Waals surface area (Å²) in [6.45, 7) is 4.11. The number of hydrogen-bond acceptors (Lipinski definition) is 6. The van der Waals surface area contributed by atoms with Crippen molar-refractivity contribution in [1.82, 2.24) is 9.97 Å². The number of carbonyl (C=O) groups is 2. The monoisotopic (exact) mass is 390 g/mol. The van der Waals surface area contributed by atoms with E-state index in [0.717, 1.165) is 35.5 Å². The Kier molecular flexibility index (Phi) is 6.42. The highest BCUT2D eigenvalue weighted by atomic mass is 32.2. The van der Waals surface area contributed by atoms with Crippen LogP contribution < -0.4 is 0 Å². The molecule has 0 bridgehead atoms. The number of benzene rings is 1. The Hall–Kier alpha value is -2.02. The van der Waals surface area contributed by atoms with Crippen molar-refractivity contribution >= 4 is 34.7 Å². The van der Waals surface area contributed by atoms with Gasteiger partial charge in [-0.1, -0.05) is 50.1 Å². The van der Waals surface area contributed by atoms with Crippen LogP contribution >= 0.6 is 11.8 Å². The first-order valence-corrected chi connectivity index (χ1v) is 10.5. The van der Waals surface area contributed by atoms with Crippen LogP contribution in [0.15, 0.2) is 29.4 Å². The highest BCUT2D eigenvalue weighted by Crippen LogP contribution is 2.41. The molecule has 0 unspecified atom stereocenters. The quantitative estimate of drug-likeness (QED) is 0.300. The molecule has 1 saturated heterocycles. The van der Waals surface area contributed by atoms with Crippen LogP contribution in [-0.2, 0) is 19.1 Å². The van der Waals surface area contributed by atoms with Crippen LogP contribution in [0, 0.1) is 5.41 Å². The van der Waals surface area contributed by atoms with E-state index in [-0.39, 0.29) is 12.7 Å². The van der Waals surface area contributed by atoms with Gasteiger partial charge in [-0.3, -0.25) is 9.59 Å². The first kappa shape index (κ1) is 19.7. The van der Waals surface area contributed by atoms with E-state index in [0.29, 0.717) is 18.6 Å². The summed E-state index contributed by atoms with van der Waals surface area (Å²) >= 11 is 1.50. The Labute approximate surface area is 163 Å². The smallest absolute Gasteiger partial charge is 0.323 e. The van der Waals surface area contributed by atoms with Gasteiger partial charge < -0.3 is 14.5 Å². The number of unbranched alkanes of at least 4 members (excludes halogenated alkanes) is 2. The molecule has 0 amide bonds. The molecule has 0 aliphatic carbocycles. The first-order chi connectivity index (χ1) is 13.1. The fourth-order valence-corrected chi connectivity index (χ4v) is 4.33. The van der Waals surface area contributed by atoms with Crippen molar-refractivity contribution < 1.29 is 19.1 Å². The first-order valence-electron chi connectivity index (χ1n) is 9.55. The van der Waals surface area contributed by atoms with Crippen LogP contribution in [0.5, 0.6) is 0 Å². The number of hydrogen-bond donors (Lipinski definition) is 1. The van der Waals surface area contributed by atoms with Crippen molar-refractivity contribution in [2.24, 2.45) is 5.41 Å². The van der Waals surface area contributed by atoms with Crippen LogP contribution in [-0.4, -0.2) is 40.4 Å². The van der Waals surface area contributed by atoms with Gasteiger partial charge in [0.25, 0.3) is 0 Å². The number of H-pyrrole nitrogens is 1. The van der Waals surface area contributed by atoms with Gasteiger partial charge in [-0.25, -0.2) is 4.98 Å². The lowest BCUT2D eigenvalue weighted by molar-refractivity contribution is -0.165. The SMILES string of the molecule is CCCCC[C@]1(C(=O)OCC)C[C@H](CSc2nc3ccccc3[nH]2)OC1=O. The van der Waals surface area contributed by atoms with Crippen LogP contribution in [0.2, 0.25) is 0 Å². The van der Waals surface area contributed by atoms with E-state index in [9.17, 15) is 9.59 Å². The second-order valence-electron chi connectivity index (χ2n) is 6.86. The highest BCUT2D eigenvalue weighted by molar-refractivity contribution is 7.99. The van der Waals surface area contributed by atoms with Gasteiger partial charge in [-0.2, -0.15) is 0 Å². The number of ether oxygens (including phenoxy) is 2. The van der Waals surface area contributed by atoms with Crippen LogP contribution in [0.25, 0.3) is 11.0 Å². The summed E-state index contributed by atoms with van der Waals surface area (Å²) in [6.07, 6.45) is 3.37. The molecule has 3 rings (SSSR count). The van der Waals surface area contributed by atoms with E-state index in [1.165, 1.54) is 11.8 Å². The minimum atomic E-state index is -1.15. The molecule has 0 saturated carbocycles. The van der Waals surface area contributed by atoms with Gasteiger partial charge >= 0.3 is 11.9 Å². The maximum atomic E-state index is 12.6. The second kappa shape index (κ2) is 8.78. The number of carbonyl (C=O) groups excluding carboxylic acids is 2. The second-order valence-corrected chi connectivity index (χ2v) is 7.87. The molecule has 2 atom stereocenters. The largest absolute Gasteiger partial charge is 0.465 e. The van der Waals surface area contributed by atoms with Crippen LogP contribution in [0.4, 0.5) is 0 Å². The van der Waals surface area contributed by atoms with Gasteiger partial charge in [0.1, 0.15) is 6.10 Å². The third-order valence-corrected chi connectivity index (χ3v) is 5.89. The Balaban J connectivity index is 1.66. The zero-order valence-corrected chi connectivity index (χ0v) is 16.6. The van der Waals surface area contributed by atoms with E-state index in [1.807, 2.05) is 24.3 Å². The number of fused-ring (bicyclic) bond motifs is 1. The fourth-order valence-electron chi connectivity index (χ4n) is 3.46. The summed E-state index contributed by atoms with van der Waals surface area (Å²) in [5.74, 6) is -0.324. The number of para-hydroxylation sites is 2. The number of aromatic nitrogens is 2. The predicted molar refractivity (Wildman–Crippen MR) is 105 cm³/mol. The van der Waals surface area contributed by atoms with Crippen LogP contribution in [0.1, 0.15) is 46.0 Å². The molecule has 1 fully saturated rings. The molecular formula is C20H26N2O4S. The molecule has 7 heteroatoms. The number of cyclic esters (lactones) is 1. The van der Waals surface area contributed by atoms with E-state index in [1.54, 1.807) is 6.92 Å². The average Bonchev–Trinajstić information content (AvgIpc) is 3.22. The Morgan fingerprint density at radius 3 is 2.93 bits per heavy atom. The zero-order chi connectivity index (χ0) is 19.3. The maximum Gasteiger partial charge on any atom is 0.323 e. The predicted octanol–water partition coefficient (Wildman–Crippen LogP) is 4.10. The minimum absolute atomic E-state index is 0.264. The molecule has 2 heterocycles. The minimum Gasteiger partial charge on any atom is -0.465 e. The number of nitrogens with zero attached hydrogens (tertiary/aromatic N) is 1.